The van der Waals surface area contributed by atoms with Crippen molar-refractivity contribution in [1.82, 2.24) is 20.1 Å². The second kappa shape index (κ2) is 6.01. The van der Waals surface area contributed by atoms with E-state index in [1.807, 2.05) is 25.9 Å². The van der Waals surface area contributed by atoms with E-state index in [1.165, 1.54) is 12.8 Å². The minimum absolute atomic E-state index is 0.0623. The Balaban J connectivity index is 2.12. The van der Waals surface area contributed by atoms with Gasteiger partial charge in [0.05, 0.1) is 5.60 Å². The van der Waals surface area contributed by atoms with Gasteiger partial charge in [0.2, 0.25) is 0 Å². The van der Waals surface area contributed by atoms with Gasteiger partial charge in [0.1, 0.15) is 12.2 Å². The van der Waals surface area contributed by atoms with Crippen molar-refractivity contribution in [2.45, 2.75) is 50.7 Å². The maximum absolute atomic E-state index is 5.95. The largest absolute Gasteiger partial charge is 0.377 e. The number of methoxy groups -OCH3 is 1. The molecule has 5 nitrogen and oxygen atoms in total. The number of nitrogens with zero attached hydrogens (tertiary/aromatic N) is 3. The summed E-state index contributed by atoms with van der Waals surface area (Å²) in [5.74, 6) is 1.82. The van der Waals surface area contributed by atoms with Crippen LogP contribution in [0.4, 0.5) is 0 Å². The van der Waals surface area contributed by atoms with Crippen molar-refractivity contribution in [1.29, 1.82) is 0 Å². The van der Waals surface area contributed by atoms with Gasteiger partial charge in [0.25, 0.3) is 0 Å². The number of aromatic nitrogens is 3. The van der Waals surface area contributed by atoms with Crippen LogP contribution in [0.2, 0.25) is 0 Å². The van der Waals surface area contributed by atoms with Gasteiger partial charge in [-0.05, 0) is 38.6 Å². The van der Waals surface area contributed by atoms with E-state index < -0.39 is 0 Å². The summed E-state index contributed by atoms with van der Waals surface area (Å²) in [4.78, 5) is 4.34. The number of likely N-dealkylation sites (N-methyl/N-ethyl adjacent to an activating group) is 1. The van der Waals surface area contributed by atoms with Crippen LogP contribution >= 0.6 is 0 Å². The van der Waals surface area contributed by atoms with E-state index in [-0.39, 0.29) is 11.6 Å². The molecule has 0 aromatic carbocycles. The van der Waals surface area contributed by atoms with Crippen molar-refractivity contribution in [3.05, 3.63) is 12.2 Å². The van der Waals surface area contributed by atoms with Crippen molar-refractivity contribution in [2.75, 3.05) is 14.2 Å². The van der Waals surface area contributed by atoms with Crippen molar-refractivity contribution < 1.29 is 4.74 Å². The highest BCUT2D eigenvalue weighted by Gasteiger charge is 2.41. The van der Waals surface area contributed by atoms with Gasteiger partial charge in [-0.3, -0.25) is 4.68 Å². The molecule has 0 spiro atoms. The van der Waals surface area contributed by atoms with Gasteiger partial charge in [0.15, 0.2) is 0 Å². The van der Waals surface area contributed by atoms with Crippen LogP contribution in [0, 0.1) is 5.92 Å². The van der Waals surface area contributed by atoms with E-state index >= 15 is 0 Å². The van der Waals surface area contributed by atoms with E-state index in [4.69, 9.17) is 4.74 Å². The summed E-state index contributed by atoms with van der Waals surface area (Å²) < 4.78 is 7.80. The Bertz CT molecular complexity index is 396. The molecule has 1 unspecified atom stereocenters. The highest BCUT2D eigenvalue weighted by molar-refractivity contribution is 5.01. The molecule has 1 atom stereocenters. The summed E-state index contributed by atoms with van der Waals surface area (Å²) in [6.07, 6.45) is 7.19. The lowest BCUT2D eigenvalue weighted by Gasteiger charge is -2.44. The highest BCUT2D eigenvalue weighted by atomic mass is 16.5. The molecule has 1 heterocycles. The lowest BCUT2D eigenvalue weighted by molar-refractivity contribution is -0.0735. The minimum Gasteiger partial charge on any atom is -0.377 e. The normalized spacial score (nSPS) is 29.4. The lowest BCUT2D eigenvalue weighted by Crippen LogP contribution is -2.54. The average Bonchev–Trinajstić information content (AvgIpc) is 2.83. The van der Waals surface area contributed by atoms with Crippen LogP contribution in [0.5, 0.6) is 0 Å². The third-order valence-corrected chi connectivity index (χ3v) is 4.70. The van der Waals surface area contributed by atoms with Gasteiger partial charge in [-0.2, -0.15) is 5.10 Å². The van der Waals surface area contributed by atoms with Gasteiger partial charge < -0.3 is 10.1 Å². The SMILES string of the molecule is CNC(Cc1ncnn1C)C1(OC)CCC(C)CC1. The third-order valence-electron chi connectivity index (χ3n) is 4.70. The summed E-state index contributed by atoms with van der Waals surface area (Å²) in [5.41, 5.74) is -0.0623. The van der Waals surface area contributed by atoms with Gasteiger partial charge in [-0.15, -0.1) is 0 Å². The van der Waals surface area contributed by atoms with Gasteiger partial charge in [-0.25, -0.2) is 4.98 Å². The summed E-state index contributed by atoms with van der Waals surface area (Å²) >= 11 is 0. The Morgan fingerprint density at radius 3 is 2.68 bits per heavy atom. The first-order valence-corrected chi connectivity index (χ1v) is 7.16. The van der Waals surface area contributed by atoms with Crippen LogP contribution in [0.15, 0.2) is 6.33 Å². The zero-order valence-corrected chi connectivity index (χ0v) is 12.5. The number of hydrogen-bond donors (Lipinski definition) is 1. The molecule has 108 valence electrons. The van der Waals surface area contributed by atoms with Crippen LogP contribution in [-0.2, 0) is 18.2 Å². The number of rotatable bonds is 5. The standard InChI is InChI=1S/C14H26N4O/c1-11-5-7-14(19-4,8-6-11)12(15-2)9-13-16-10-17-18(13)3/h10-12,15H,5-9H2,1-4H3. The Morgan fingerprint density at radius 1 is 1.53 bits per heavy atom. The molecule has 1 aromatic heterocycles. The molecule has 1 aliphatic rings. The summed E-state index contributed by atoms with van der Waals surface area (Å²) in [6, 6.07) is 0.285. The molecule has 5 heteroatoms. The van der Waals surface area contributed by atoms with E-state index in [9.17, 15) is 0 Å². The first-order valence-electron chi connectivity index (χ1n) is 7.16. The summed E-state index contributed by atoms with van der Waals surface area (Å²) in [6.45, 7) is 2.33. The lowest BCUT2D eigenvalue weighted by atomic mass is 9.74. The van der Waals surface area contributed by atoms with Gasteiger partial charge >= 0.3 is 0 Å². The van der Waals surface area contributed by atoms with E-state index in [1.54, 1.807) is 6.33 Å². The quantitative estimate of drug-likeness (QED) is 0.878. The highest BCUT2D eigenvalue weighted by Crippen LogP contribution is 2.37. The van der Waals surface area contributed by atoms with Gasteiger partial charge in [0, 0.05) is 26.6 Å². The van der Waals surface area contributed by atoms with Crippen LogP contribution in [0.1, 0.15) is 38.4 Å². The third kappa shape index (κ3) is 2.98. The number of ether oxygens (including phenoxy) is 1. The van der Waals surface area contributed by atoms with Crippen molar-refractivity contribution >= 4 is 0 Å². The molecular weight excluding hydrogens is 240 g/mol. The van der Waals surface area contributed by atoms with Crippen LogP contribution in [0.3, 0.4) is 0 Å². The fourth-order valence-corrected chi connectivity index (χ4v) is 3.18. The second-order valence-corrected chi connectivity index (χ2v) is 5.80. The monoisotopic (exact) mass is 266 g/mol. The smallest absolute Gasteiger partial charge is 0.138 e. The van der Waals surface area contributed by atoms with Crippen molar-refractivity contribution in [3.8, 4) is 0 Å². The number of aryl methyl sites for hydroxylation is 1. The zero-order chi connectivity index (χ0) is 13.9. The Labute approximate surface area is 115 Å². The predicted octanol–water partition coefficient (Wildman–Crippen LogP) is 1.54. The molecule has 0 radical (unpaired) electrons. The first-order chi connectivity index (χ1) is 9.11. The second-order valence-electron chi connectivity index (χ2n) is 5.80. The van der Waals surface area contributed by atoms with Crippen LogP contribution in [-0.4, -0.2) is 40.6 Å². The fraction of sp³-hybridized carbons (Fsp3) is 0.857. The fourth-order valence-electron chi connectivity index (χ4n) is 3.18. The average molecular weight is 266 g/mol. The van der Waals surface area contributed by atoms with Crippen molar-refractivity contribution in [2.24, 2.45) is 13.0 Å². The van der Waals surface area contributed by atoms with Crippen LogP contribution in [0.25, 0.3) is 0 Å². The Kier molecular flexibility index (Phi) is 4.58. The molecule has 0 bridgehead atoms. The molecular formula is C14H26N4O. The molecule has 0 saturated heterocycles. The molecule has 2 rings (SSSR count). The molecule has 0 amide bonds. The molecule has 1 N–H and O–H groups in total. The zero-order valence-electron chi connectivity index (χ0n) is 12.5. The molecule has 1 aliphatic carbocycles. The van der Waals surface area contributed by atoms with E-state index in [2.05, 4.69) is 22.3 Å². The Hall–Kier alpha value is -0.940. The van der Waals surface area contributed by atoms with E-state index in [0.29, 0.717) is 0 Å². The number of hydrogen-bond acceptors (Lipinski definition) is 4. The topological polar surface area (TPSA) is 52.0 Å². The molecule has 1 saturated carbocycles. The molecule has 19 heavy (non-hydrogen) atoms. The molecule has 0 aliphatic heterocycles. The van der Waals surface area contributed by atoms with Gasteiger partial charge in [-0.1, -0.05) is 6.92 Å². The summed E-state index contributed by atoms with van der Waals surface area (Å²) in [5, 5.41) is 7.58. The summed E-state index contributed by atoms with van der Waals surface area (Å²) in [7, 11) is 5.80. The molecule has 1 aromatic rings. The number of nitrogens with one attached hydrogen (secondary N) is 1. The maximum atomic E-state index is 5.95. The van der Waals surface area contributed by atoms with Crippen LogP contribution < -0.4 is 5.32 Å². The maximum Gasteiger partial charge on any atom is 0.138 e. The molecule has 1 fully saturated rings. The minimum atomic E-state index is -0.0623. The van der Waals surface area contributed by atoms with Crippen molar-refractivity contribution in [3.63, 3.8) is 0 Å². The van der Waals surface area contributed by atoms with E-state index in [0.717, 1.165) is 31.0 Å². The predicted molar refractivity (Wildman–Crippen MR) is 74.9 cm³/mol. The Morgan fingerprint density at radius 2 is 2.21 bits per heavy atom. The first kappa shape index (κ1) is 14.5.